The second-order valence-electron chi connectivity index (χ2n) is 3.56. The van der Waals surface area contributed by atoms with E-state index in [-0.39, 0.29) is 0 Å². The van der Waals surface area contributed by atoms with Crippen molar-refractivity contribution in [1.82, 2.24) is 10.6 Å². The number of hydrogen-bond acceptors (Lipinski definition) is 2. The van der Waals surface area contributed by atoms with Gasteiger partial charge in [-0.2, -0.15) is 0 Å². The molecule has 0 saturated carbocycles. The van der Waals surface area contributed by atoms with Crippen molar-refractivity contribution in [1.29, 1.82) is 0 Å². The summed E-state index contributed by atoms with van der Waals surface area (Å²) >= 11 is 0. The van der Waals surface area contributed by atoms with Gasteiger partial charge in [-0.3, -0.25) is 0 Å². The lowest BCUT2D eigenvalue weighted by Gasteiger charge is -2.26. The summed E-state index contributed by atoms with van der Waals surface area (Å²) < 4.78 is 0. The minimum Gasteiger partial charge on any atom is -0.316 e. The second kappa shape index (κ2) is 7.34. The minimum atomic E-state index is 0.565. The van der Waals surface area contributed by atoms with E-state index in [1.807, 2.05) is 13.8 Å². The first kappa shape index (κ1) is 12.9. The maximum absolute atomic E-state index is 3.44. The molecule has 1 aliphatic heterocycles. The average molecular weight is 186 g/mol. The maximum Gasteiger partial charge on any atom is 0.00204 e. The van der Waals surface area contributed by atoms with Gasteiger partial charge in [0, 0.05) is 13.1 Å². The van der Waals surface area contributed by atoms with E-state index in [2.05, 4.69) is 24.5 Å². The highest BCUT2D eigenvalue weighted by atomic mass is 15.0. The first-order valence-corrected chi connectivity index (χ1v) is 5.74. The molecule has 0 aliphatic carbocycles. The van der Waals surface area contributed by atoms with E-state index in [9.17, 15) is 0 Å². The van der Waals surface area contributed by atoms with E-state index in [0.29, 0.717) is 5.41 Å². The zero-order valence-corrected chi connectivity index (χ0v) is 9.74. The summed E-state index contributed by atoms with van der Waals surface area (Å²) in [7, 11) is 0. The van der Waals surface area contributed by atoms with Crippen molar-refractivity contribution in [3.63, 3.8) is 0 Å². The highest BCUT2D eigenvalue weighted by Gasteiger charge is 2.30. The van der Waals surface area contributed by atoms with Gasteiger partial charge in [0.05, 0.1) is 0 Å². The summed E-state index contributed by atoms with van der Waals surface area (Å²) in [5, 5.41) is 6.87. The Morgan fingerprint density at radius 1 is 1.31 bits per heavy atom. The molecular weight excluding hydrogens is 160 g/mol. The summed E-state index contributed by atoms with van der Waals surface area (Å²) in [6.07, 6.45) is 2.64. The summed E-state index contributed by atoms with van der Waals surface area (Å²) in [5.74, 6) is 0. The largest absolute Gasteiger partial charge is 0.316 e. The third-order valence-corrected chi connectivity index (χ3v) is 2.83. The maximum atomic E-state index is 3.44. The molecule has 0 spiro atoms. The standard InChI is InChI=1S/C9H20N2.C2H6/c1-3-9(7-10-4-2)5-6-11-8-9;1-2/h10-11H,3-8H2,1-2H3;1-2H3. The summed E-state index contributed by atoms with van der Waals surface area (Å²) in [4.78, 5) is 0. The molecule has 1 heterocycles. The van der Waals surface area contributed by atoms with Gasteiger partial charge >= 0.3 is 0 Å². The predicted molar refractivity (Wildman–Crippen MR) is 60.1 cm³/mol. The molecule has 1 atom stereocenters. The molecule has 2 N–H and O–H groups in total. The van der Waals surface area contributed by atoms with E-state index < -0.39 is 0 Å². The van der Waals surface area contributed by atoms with Crippen LogP contribution in [0.3, 0.4) is 0 Å². The minimum absolute atomic E-state index is 0.565. The normalized spacial score (nSPS) is 26.8. The molecule has 0 bridgehead atoms. The lowest BCUT2D eigenvalue weighted by Crippen LogP contribution is -2.35. The van der Waals surface area contributed by atoms with Gasteiger partial charge in [0.25, 0.3) is 0 Å². The van der Waals surface area contributed by atoms with Gasteiger partial charge in [-0.1, -0.05) is 27.7 Å². The Kier molecular flexibility index (Phi) is 7.29. The molecule has 1 aliphatic rings. The fraction of sp³-hybridized carbons (Fsp3) is 1.00. The van der Waals surface area contributed by atoms with Crippen LogP contribution in [0.15, 0.2) is 0 Å². The van der Waals surface area contributed by atoms with E-state index in [4.69, 9.17) is 0 Å². The van der Waals surface area contributed by atoms with Crippen molar-refractivity contribution in [3.8, 4) is 0 Å². The molecule has 2 nitrogen and oxygen atoms in total. The van der Waals surface area contributed by atoms with Gasteiger partial charge in [-0.05, 0) is 31.3 Å². The van der Waals surface area contributed by atoms with Gasteiger partial charge in [0.15, 0.2) is 0 Å². The lowest BCUT2D eigenvalue weighted by molar-refractivity contribution is 0.294. The van der Waals surface area contributed by atoms with E-state index in [1.165, 1.54) is 32.5 Å². The molecule has 0 aromatic heterocycles. The zero-order valence-electron chi connectivity index (χ0n) is 9.74. The molecule has 0 amide bonds. The van der Waals surface area contributed by atoms with E-state index in [0.717, 1.165) is 6.54 Å². The summed E-state index contributed by atoms with van der Waals surface area (Å²) in [6, 6.07) is 0. The van der Waals surface area contributed by atoms with Crippen LogP contribution in [0, 0.1) is 5.41 Å². The Labute approximate surface area is 83.5 Å². The second-order valence-corrected chi connectivity index (χ2v) is 3.56. The Balaban J connectivity index is 0.000000671. The van der Waals surface area contributed by atoms with Gasteiger partial charge in [-0.15, -0.1) is 0 Å². The highest BCUT2D eigenvalue weighted by molar-refractivity contribution is 4.88. The number of rotatable bonds is 4. The van der Waals surface area contributed by atoms with Crippen molar-refractivity contribution < 1.29 is 0 Å². The van der Waals surface area contributed by atoms with Crippen LogP contribution in [0.4, 0.5) is 0 Å². The number of hydrogen-bond donors (Lipinski definition) is 2. The third kappa shape index (κ3) is 4.10. The SMILES string of the molecule is CC.CCNCC1(CC)CCNC1. The lowest BCUT2D eigenvalue weighted by atomic mass is 9.84. The fourth-order valence-electron chi connectivity index (χ4n) is 1.76. The van der Waals surface area contributed by atoms with Crippen LogP contribution < -0.4 is 10.6 Å². The monoisotopic (exact) mass is 186 g/mol. The Morgan fingerprint density at radius 2 is 2.00 bits per heavy atom. The fourth-order valence-corrected chi connectivity index (χ4v) is 1.76. The molecule has 1 unspecified atom stereocenters. The smallest absolute Gasteiger partial charge is 0.00204 e. The van der Waals surface area contributed by atoms with Crippen LogP contribution in [0.2, 0.25) is 0 Å². The van der Waals surface area contributed by atoms with Gasteiger partial charge < -0.3 is 10.6 Å². The van der Waals surface area contributed by atoms with Gasteiger partial charge in [-0.25, -0.2) is 0 Å². The molecule has 13 heavy (non-hydrogen) atoms. The average Bonchev–Trinajstić information content (AvgIpc) is 2.67. The first-order chi connectivity index (χ1) is 6.33. The van der Waals surface area contributed by atoms with Crippen molar-refractivity contribution >= 4 is 0 Å². The third-order valence-electron chi connectivity index (χ3n) is 2.83. The predicted octanol–water partition coefficient (Wildman–Crippen LogP) is 2.01. The molecular formula is C11H26N2. The van der Waals surface area contributed by atoms with Crippen molar-refractivity contribution in [2.24, 2.45) is 5.41 Å². The molecule has 0 aromatic carbocycles. The van der Waals surface area contributed by atoms with E-state index >= 15 is 0 Å². The van der Waals surface area contributed by atoms with Crippen LogP contribution >= 0.6 is 0 Å². The Hall–Kier alpha value is -0.0800. The van der Waals surface area contributed by atoms with Crippen LogP contribution in [0.5, 0.6) is 0 Å². The molecule has 2 heteroatoms. The van der Waals surface area contributed by atoms with Gasteiger partial charge in [0.2, 0.25) is 0 Å². The van der Waals surface area contributed by atoms with Crippen molar-refractivity contribution in [3.05, 3.63) is 0 Å². The van der Waals surface area contributed by atoms with Crippen LogP contribution in [-0.4, -0.2) is 26.2 Å². The van der Waals surface area contributed by atoms with Crippen LogP contribution in [0.25, 0.3) is 0 Å². The van der Waals surface area contributed by atoms with Crippen LogP contribution in [-0.2, 0) is 0 Å². The molecule has 1 rings (SSSR count). The Bertz CT molecular complexity index is 107. The van der Waals surface area contributed by atoms with E-state index in [1.54, 1.807) is 0 Å². The molecule has 0 aromatic rings. The molecule has 0 radical (unpaired) electrons. The molecule has 1 saturated heterocycles. The molecule has 80 valence electrons. The topological polar surface area (TPSA) is 24.1 Å². The van der Waals surface area contributed by atoms with Crippen molar-refractivity contribution in [2.45, 2.75) is 40.5 Å². The van der Waals surface area contributed by atoms with Crippen molar-refractivity contribution in [2.75, 3.05) is 26.2 Å². The zero-order chi connectivity index (χ0) is 10.2. The molecule has 1 fully saturated rings. The first-order valence-electron chi connectivity index (χ1n) is 5.74. The van der Waals surface area contributed by atoms with Crippen LogP contribution in [0.1, 0.15) is 40.5 Å². The summed E-state index contributed by atoms with van der Waals surface area (Å²) in [5.41, 5.74) is 0.565. The highest BCUT2D eigenvalue weighted by Crippen LogP contribution is 2.27. The number of nitrogens with one attached hydrogen (secondary N) is 2. The quantitative estimate of drug-likeness (QED) is 0.702. The Morgan fingerprint density at radius 3 is 2.38 bits per heavy atom. The van der Waals surface area contributed by atoms with Gasteiger partial charge in [0.1, 0.15) is 0 Å². The summed E-state index contributed by atoms with van der Waals surface area (Å²) in [6.45, 7) is 13.2.